The van der Waals surface area contributed by atoms with Crippen molar-refractivity contribution < 1.29 is 14.2 Å². The normalized spacial score (nSPS) is 12.6. The van der Waals surface area contributed by atoms with Gasteiger partial charge in [0.1, 0.15) is 11.9 Å². The molecule has 2 nitrogen and oxygen atoms in total. The molecule has 1 unspecified atom stereocenters. The lowest BCUT2D eigenvalue weighted by atomic mass is 10.1. The predicted octanol–water partition coefficient (Wildman–Crippen LogP) is 3.85. The summed E-state index contributed by atoms with van der Waals surface area (Å²) in [6.07, 6.45) is 5.01. The number of aliphatic hydroxyl groups excluding tert-OH is 1. The van der Waals surface area contributed by atoms with Gasteiger partial charge in [0.05, 0.1) is 6.61 Å². The average molecular weight is 254 g/mol. The lowest BCUT2D eigenvalue weighted by Gasteiger charge is -2.12. The first-order valence-corrected chi connectivity index (χ1v) is 6.76. The SMILES string of the molecule is CCCCCCCOCC(O)c1ccccc1F. The fraction of sp³-hybridized carbons (Fsp3) is 0.600. The van der Waals surface area contributed by atoms with Gasteiger partial charge < -0.3 is 9.84 Å². The Morgan fingerprint density at radius 1 is 1.17 bits per heavy atom. The molecule has 0 spiro atoms. The first kappa shape index (κ1) is 15.1. The molecule has 0 aliphatic rings. The lowest BCUT2D eigenvalue weighted by molar-refractivity contribution is 0.0327. The Hall–Kier alpha value is -0.930. The molecule has 0 aliphatic heterocycles. The van der Waals surface area contributed by atoms with E-state index < -0.39 is 6.10 Å². The molecule has 1 aromatic carbocycles. The van der Waals surface area contributed by atoms with E-state index in [0.717, 1.165) is 12.8 Å². The number of unbranched alkanes of at least 4 members (excludes halogenated alkanes) is 4. The monoisotopic (exact) mass is 254 g/mol. The molecule has 0 heterocycles. The van der Waals surface area contributed by atoms with Gasteiger partial charge >= 0.3 is 0 Å². The molecule has 0 fully saturated rings. The smallest absolute Gasteiger partial charge is 0.129 e. The first-order chi connectivity index (χ1) is 8.75. The van der Waals surface area contributed by atoms with Gasteiger partial charge in [-0.15, -0.1) is 0 Å². The van der Waals surface area contributed by atoms with Crippen LogP contribution in [0, 0.1) is 5.82 Å². The van der Waals surface area contributed by atoms with Gasteiger partial charge in [0.15, 0.2) is 0 Å². The fourth-order valence-corrected chi connectivity index (χ4v) is 1.84. The number of rotatable bonds is 9. The number of hydrogen-bond donors (Lipinski definition) is 1. The Morgan fingerprint density at radius 3 is 2.61 bits per heavy atom. The summed E-state index contributed by atoms with van der Waals surface area (Å²) in [5, 5.41) is 9.78. The van der Waals surface area contributed by atoms with Crippen LogP contribution in [0.2, 0.25) is 0 Å². The van der Waals surface area contributed by atoms with E-state index in [0.29, 0.717) is 12.2 Å². The van der Waals surface area contributed by atoms with Crippen LogP contribution in [0.3, 0.4) is 0 Å². The molecule has 1 rings (SSSR count). The van der Waals surface area contributed by atoms with Crippen LogP contribution in [0.1, 0.15) is 50.7 Å². The van der Waals surface area contributed by atoms with E-state index in [2.05, 4.69) is 6.92 Å². The average Bonchev–Trinajstić information content (AvgIpc) is 2.38. The van der Waals surface area contributed by atoms with Crippen molar-refractivity contribution in [1.29, 1.82) is 0 Å². The molecule has 1 aromatic rings. The van der Waals surface area contributed by atoms with E-state index >= 15 is 0 Å². The number of ether oxygens (including phenoxy) is 1. The maximum absolute atomic E-state index is 13.3. The third-order valence-electron chi connectivity index (χ3n) is 2.93. The van der Waals surface area contributed by atoms with Crippen molar-refractivity contribution in [2.75, 3.05) is 13.2 Å². The summed E-state index contributed by atoms with van der Waals surface area (Å²) in [4.78, 5) is 0. The molecule has 0 saturated heterocycles. The molecule has 1 atom stereocenters. The Morgan fingerprint density at radius 2 is 1.89 bits per heavy atom. The molecule has 0 bridgehead atoms. The minimum absolute atomic E-state index is 0.161. The fourth-order valence-electron chi connectivity index (χ4n) is 1.84. The van der Waals surface area contributed by atoms with Crippen molar-refractivity contribution in [2.45, 2.75) is 45.1 Å². The predicted molar refractivity (Wildman–Crippen MR) is 70.9 cm³/mol. The van der Waals surface area contributed by atoms with E-state index in [1.807, 2.05) is 0 Å². The molecule has 0 aliphatic carbocycles. The van der Waals surface area contributed by atoms with Crippen LogP contribution in [-0.4, -0.2) is 18.3 Å². The third-order valence-corrected chi connectivity index (χ3v) is 2.93. The molecule has 0 amide bonds. The van der Waals surface area contributed by atoms with E-state index in [1.54, 1.807) is 18.2 Å². The third kappa shape index (κ3) is 5.61. The van der Waals surface area contributed by atoms with Gasteiger partial charge in [-0.3, -0.25) is 0 Å². The zero-order valence-corrected chi connectivity index (χ0v) is 11.1. The van der Waals surface area contributed by atoms with Crippen molar-refractivity contribution in [1.82, 2.24) is 0 Å². The topological polar surface area (TPSA) is 29.5 Å². The Kier molecular flexibility index (Phi) is 7.62. The van der Waals surface area contributed by atoms with Crippen LogP contribution in [0.15, 0.2) is 24.3 Å². The van der Waals surface area contributed by atoms with Gasteiger partial charge in [0, 0.05) is 12.2 Å². The summed E-state index contributed by atoms with van der Waals surface area (Å²) in [6, 6.07) is 6.26. The van der Waals surface area contributed by atoms with Crippen LogP contribution >= 0.6 is 0 Å². The van der Waals surface area contributed by atoms with Gasteiger partial charge in [-0.05, 0) is 12.5 Å². The highest BCUT2D eigenvalue weighted by atomic mass is 19.1. The molecule has 0 radical (unpaired) electrons. The highest BCUT2D eigenvalue weighted by molar-refractivity contribution is 5.19. The summed E-state index contributed by atoms with van der Waals surface area (Å²) >= 11 is 0. The van der Waals surface area contributed by atoms with Gasteiger partial charge in [0.2, 0.25) is 0 Å². The Balaban J connectivity index is 2.14. The molecule has 0 saturated carbocycles. The zero-order valence-electron chi connectivity index (χ0n) is 11.1. The second-order valence-corrected chi connectivity index (χ2v) is 4.53. The van der Waals surface area contributed by atoms with Crippen LogP contribution < -0.4 is 0 Å². The first-order valence-electron chi connectivity index (χ1n) is 6.76. The van der Waals surface area contributed by atoms with Crippen molar-refractivity contribution in [3.05, 3.63) is 35.6 Å². The number of benzene rings is 1. The standard InChI is InChI=1S/C15H23FO2/c1-2-3-4-5-8-11-18-12-15(17)13-9-6-7-10-14(13)16/h6-7,9-10,15,17H,2-5,8,11-12H2,1H3. The number of halogens is 1. The van der Waals surface area contributed by atoms with E-state index in [4.69, 9.17) is 4.74 Å². The van der Waals surface area contributed by atoms with Gasteiger partial charge in [-0.1, -0.05) is 50.8 Å². The summed E-state index contributed by atoms with van der Waals surface area (Å²) in [5.41, 5.74) is 0.309. The van der Waals surface area contributed by atoms with E-state index in [-0.39, 0.29) is 12.4 Å². The van der Waals surface area contributed by atoms with Gasteiger partial charge in [-0.25, -0.2) is 4.39 Å². The Labute approximate surface area is 109 Å². The largest absolute Gasteiger partial charge is 0.386 e. The molecule has 0 aromatic heterocycles. The summed E-state index contributed by atoms with van der Waals surface area (Å²) in [6.45, 7) is 2.98. The second kappa shape index (κ2) is 9.06. The van der Waals surface area contributed by atoms with E-state index in [9.17, 15) is 9.50 Å². The highest BCUT2D eigenvalue weighted by Gasteiger charge is 2.11. The van der Waals surface area contributed by atoms with Crippen LogP contribution in [-0.2, 0) is 4.74 Å². The maximum atomic E-state index is 13.3. The molecule has 18 heavy (non-hydrogen) atoms. The van der Waals surface area contributed by atoms with Crippen molar-refractivity contribution >= 4 is 0 Å². The number of aliphatic hydroxyl groups is 1. The quantitative estimate of drug-likeness (QED) is 0.678. The number of hydrogen-bond acceptors (Lipinski definition) is 2. The molecule has 102 valence electrons. The van der Waals surface area contributed by atoms with Crippen molar-refractivity contribution in [3.63, 3.8) is 0 Å². The minimum atomic E-state index is -0.873. The lowest BCUT2D eigenvalue weighted by Crippen LogP contribution is -2.09. The molecular weight excluding hydrogens is 231 g/mol. The summed E-state index contributed by atoms with van der Waals surface area (Å²) < 4.78 is 18.7. The van der Waals surface area contributed by atoms with Crippen LogP contribution in [0.25, 0.3) is 0 Å². The molecule has 3 heteroatoms. The molecule has 1 N–H and O–H groups in total. The van der Waals surface area contributed by atoms with Gasteiger partial charge in [0.25, 0.3) is 0 Å². The van der Waals surface area contributed by atoms with Crippen molar-refractivity contribution in [3.8, 4) is 0 Å². The maximum Gasteiger partial charge on any atom is 0.129 e. The van der Waals surface area contributed by atoms with Crippen molar-refractivity contribution in [2.24, 2.45) is 0 Å². The summed E-state index contributed by atoms with van der Waals surface area (Å²) in [5.74, 6) is -0.378. The minimum Gasteiger partial charge on any atom is -0.386 e. The highest BCUT2D eigenvalue weighted by Crippen LogP contribution is 2.16. The van der Waals surface area contributed by atoms with Crippen LogP contribution in [0.5, 0.6) is 0 Å². The Bertz CT molecular complexity index is 328. The van der Waals surface area contributed by atoms with Gasteiger partial charge in [-0.2, -0.15) is 0 Å². The molecular formula is C15H23FO2. The summed E-state index contributed by atoms with van der Waals surface area (Å²) in [7, 11) is 0. The van der Waals surface area contributed by atoms with Crippen LogP contribution in [0.4, 0.5) is 4.39 Å². The zero-order chi connectivity index (χ0) is 13.2. The second-order valence-electron chi connectivity index (χ2n) is 4.53. The van der Waals surface area contributed by atoms with E-state index in [1.165, 1.54) is 25.3 Å².